The molecule has 0 aliphatic rings. The van der Waals surface area contributed by atoms with Crippen molar-refractivity contribution >= 4 is 5.97 Å². The highest BCUT2D eigenvalue weighted by atomic mass is 16.4. The molecule has 5 heteroatoms. The zero-order valence-corrected chi connectivity index (χ0v) is 10.4. The molecule has 0 saturated carbocycles. The van der Waals surface area contributed by atoms with Crippen molar-refractivity contribution in [2.75, 3.05) is 0 Å². The van der Waals surface area contributed by atoms with Crippen LogP contribution in [-0.2, 0) is 17.6 Å². The van der Waals surface area contributed by atoms with Gasteiger partial charge in [-0.25, -0.2) is 4.98 Å². The predicted molar refractivity (Wildman–Crippen MR) is 64.1 cm³/mol. The normalized spacial score (nSPS) is 10.8. The van der Waals surface area contributed by atoms with Crippen LogP contribution >= 0.6 is 0 Å². The van der Waals surface area contributed by atoms with Gasteiger partial charge in [0.25, 0.3) is 5.56 Å². The number of aromatic nitrogens is 2. The second-order valence-electron chi connectivity index (χ2n) is 4.58. The van der Waals surface area contributed by atoms with Crippen molar-refractivity contribution < 1.29 is 9.90 Å². The molecule has 0 radical (unpaired) electrons. The molecule has 1 heterocycles. The summed E-state index contributed by atoms with van der Waals surface area (Å²) in [5.41, 5.74) is 0.416. The van der Waals surface area contributed by atoms with Gasteiger partial charge in [-0.3, -0.25) is 9.59 Å². The van der Waals surface area contributed by atoms with E-state index in [0.717, 1.165) is 6.42 Å². The third-order valence-corrected chi connectivity index (χ3v) is 2.56. The summed E-state index contributed by atoms with van der Waals surface area (Å²) in [6.45, 7) is 5.87. The Labute approximate surface area is 99.9 Å². The summed E-state index contributed by atoms with van der Waals surface area (Å²) < 4.78 is 0. The lowest BCUT2D eigenvalue weighted by Gasteiger charge is -2.07. The van der Waals surface area contributed by atoms with Crippen LogP contribution in [0, 0.1) is 12.8 Å². The van der Waals surface area contributed by atoms with Crippen LogP contribution in [0.1, 0.15) is 37.4 Å². The smallest absolute Gasteiger partial charge is 0.308 e. The molecule has 0 unspecified atom stereocenters. The Balaban J connectivity index is 2.93. The van der Waals surface area contributed by atoms with Gasteiger partial charge in [-0.1, -0.05) is 13.8 Å². The van der Waals surface area contributed by atoms with E-state index in [4.69, 9.17) is 5.11 Å². The summed E-state index contributed by atoms with van der Waals surface area (Å²) in [5.74, 6) is 0.157. The molecule has 1 aromatic rings. The minimum atomic E-state index is -1.02. The number of nitrogens with one attached hydrogen (secondary N) is 1. The molecule has 5 nitrogen and oxygen atoms in total. The maximum Gasteiger partial charge on any atom is 0.308 e. The van der Waals surface area contributed by atoms with Crippen LogP contribution in [0.4, 0.5) is 0 Å². The molecule has 0 fully saturated rings. The molecule has 1 rings (SSSR count). The average molecular weight is 238 g/mol. The highest BCUT2D eigenvalue weighted by Crippen LogP contribution is 2.06. The number of carboxylic acids is 1. The molecule has 1 aromatic heterocycles. The van der Waals surface area contributed by atoms with E-state index in [0.29, 0.717) is 23.9 Å². The number of rotatable bonds is 5. The molecule has 2 N–H and O–H groups in total. The van der Waals surface area contributed by atoms with Crippen molar-refractivity contribution in [3.05, 3.63) is 27.4 Å². The van der Waals surface area contributed by atoms with Crippen LogP contribution < -0.4 is 5.56 Å². The summed E-state index contributed by atoms with van der Waals surface area (Å²) in [6.07, 6.45) is 1.38. The lowest BCUT2D eigenvalue weighted by molar-refractivity contribution is -0.136. The standard InChI is InChI=1S/C12H18N2O3/c1-7(2)4-5-10-13-8(3)9(6-11(15)16)12(17)14-10/h7H,4-6H2,1-3H3,(H,15,16)(H,13,14,17). The molecule has 0 amide bonds. The first-order chi connectivity index (χ1) is 7.90. The third-order valence-electron chi connectivity index (χ3n) is 2.56. The Morgan fingerprint density at radius 1 is 1.47 bits per heavy atom. The zero-order valence-electron chi connectivity index (χ0n) is 10.4. The number of aliphatic carboxylic acids is 1. The van der Waals surface area contributed by atoms with Gasteiger partial charge in [-0.05, 0) is 19.3 Å². The second-order valence-corrected chi connectivity index (χ2v) is 4.58. The fraction of sp³-hybridized carbons (Fsp3) is 0.583. The van der Waals surface area contributed by atoms with Gasteiger partial charge >= 0.3 is 5.97 Å². The second kappa shape index (κ2) is 5.61. The summed E-state index contributed by atoms with van der Waals surface area (Å²) in [6, 6.07) is 0. The van der Waals surface area contributed by atoms with E-state index in [1.807, 2.05) is 0 Å². The molecule has 0 aliphatic heterocycles. The molecule has 17 heavy (non-hydrogen) atoms. The number of H-pyrrole nitrogens is 1. The van der Waals surface area contributed by atoms with Gasteiger partial charge in [0.05, 0.1) is 6.42 Å². The van der Waals surface area contributed by atoms with Crippen LogP contribution in [0.15, 0.2) is 4.79 Å². The van der Waals surface area contributed by atoms with Gasteiger partial charge in [-0.15, -0.1) is 0 Å². The fourth-order valence-electron chi connectivity index (χ4n) is 1.57. The molecule has 0 aromatic carbocycles. The molecular formula is C12H18N2O3. The van der Waals surface area contributed by atoms with Crippen LogP contribution in [-0.4, -0.2) is 21.0 Å². The number of aryl methyl sites for hydroxylation is 2. The van der Waals surface area contributed by atoms with Gasteiger partial charge in [0.2, 0.25) is 0 Å². The topological polar surface area (TPSA) is 83.0 Å². The third kappa shape index (κ3) is 4.01. The summed E-state index contributed by atoms with van der Waals surface area (Å²) in [7, 11) is 0. The molecule has 0 bridgehead atoms. The number of nitrogens with zero attached hydrogens (tertiary/aromatic N) is 1. The summed E-state index contributed by atoms with van der Waals surface area (Å²) >= 11 is 0. The largest absolute Gasteiger partial charge is 0.481 e. The lowest BCUT2D eigenvalue weighted by Crippen LogP contribution is -2.21. The zero-order chi connectivity index (χ0) is 13.0. The van der Waals surface area contributed by atoms with E-state index in [9.17, 15) is 9.59 Å². The molecular weight excluding hydrogens is 220 g/mol. The number of carboxylic acid groups (broad SMARTS) is 1. The van der Waals surface area contributed by atoms with Gasteiger partial charge in [0.1, 0.15) is 5.82 Å². The van der Waals surface area contributed by atoms with Crippen molar-refractivity contribution in [1.29, 1.82) is 0 Å². The molecule has 0 atom stereocenters. The average Bonchev–Trinajstić information content (AvgIpc) is 2.20. The number of aromatic amines is 1. The Kier molecular flexibility index (Phi) is 4.43. The maximum atomic E-state index is 11.7. The van der Waals surface area contributed by atoms with Gasteiger partial charge < -0.3 is 10.1 Å². The minimum Gasteiger partial charge on any atom is -0.481 e. The Morgan fingerprint density at radius 3 is 2.59 bits per heavy atom. The van der Waals surface area contributed by atoms with Gasteiger partial charge in [0, 0.05) is 17.7 Å². The highest BCUT2D eigenvalue weighted by molar-refractivity contribution is 5.70. The van der Waals surface area contributed by atoms with E-state index < -0.39 is 5.97 Å². The van der Waals surface area contributed by atoms with Gasteiger partial charge in [-0.2, -0.15) is 0 Å². The quantitative estimate of drug-likeness (QED) is 0.809. The van der Waals surface area contributed by atoms with E-state index in [1.54, 1.807) is 6.92 Å². The molecule has 0 aliphatic carbocycles. The Hall–Kier alpha value is -1.65. The van der Waals surface area contributed by atoms with E-state index in [-0.39, 0.29) is 17.5 Å². The Morgan fingerprint density at radius 2 is 2.12 bits per heavy atom. The van der Waals surface area contributed by atoms with Crippen molar-refractivity contribution in [3.8, 4) is 0 Å². The van der Waals surface area contributed by atoms with Crippen molar-refractivity contribution in [3.63, 3.8) is 0 Å². The molecule has 94 valence electrons. The van der Waals surface area contributed by atoms with Crippen molar-refractivity contribution in [1.82, 2.24) is 9.97 Å². The van der Waals surface area contributed by atoms with Crippen LogP contribution in [0.5, 0.6) is 0 Å². The van der Waals surface area contributed by atoms with E-state index in [1.165, 1.54) is 0 Å². The first-order valence-corrected chi connectivity index (χ1v) is 5.70. The van der Waals surface area contributed by atoms with Crippen molar-refractivity contribution in [2.24, 2.45) is 5.92 Å². The first-order valence-electron chi connectivity index (χ1n) is 5.70. The van der Waals surface area contributed by atoms with Crippen LogP contribution in [0.25, 0.3) is 0 Å². The minimum absolute atomic E-state index is 0.241. The SMILES string of the molecule is Cc1nc(CCC(C)C)[nH]c(=O)c1CC(=O)O. The summed E-state index contributed by atoms with van der Waals surface area (Å²) in [5, 5.41) is 8.68. The van der Waals surface area contributed by atoms with E-state index in [2.05, 4.69) is 23.8 Å². The molecule has 0 saturated heterocycles. The number of hydrogen-bond acceptors (Lipinski definition) is 3. The summed E-state index contributed by atoms with van der Waals surface area (Å²) in [4.78, 5) is 29.2. The van der Waals surface area contributed by atoms with Crippen molar-refractivity contribution in [2.45, 2.75) is 40.0 Å². The lowest BCUT2D eigenvalue weighted by atomic mass is 10.1. The molecule has 0 spiro atoms. The monoisotopic (exact) mass is 238 g/mol. The first kappa shape index (κ1) is 13.4. The predicted octanol–water partition coefficient (Wildman–Crippen LogP) is 1.29. The van der Waals surface area contributed by atoms with E-state index >= 15 is 0 Å². The fourth-order valence-corrected chi connectivity index (χ4v) is 1.57. The van der Waals surface area contributed by atoms with Crippen LogP contribution in [0.2, 0.25) is 0 Å². The maximum absolute atomic E-state index is 11.7. The van der Waals surface area contributed by atoms with Gasteiger partial charge in [0.15, 0.2) is 0 Å². The number of carbonyl (C=O) groups is 1. The number of hydrogen-bond donors (Lipinski definition) is 2. The van der Waals surface area contributed by atoms with Crippen LogP contribution in [0.3, 0.4) is 0 Å². The highest BCUT2D eigenvalue weighted by Gasteiger charge is 2.11. The Bertz CT molecular complexity index is 463.